The normalized spacial score (nSPS) is 16.2. The highest BCUT2D eigenvalue weighted by Gasteiger charge is 2.32. The van der Waals surface area contributed by atoms with Crippen molar-refractivity contribution in [1.29, 1.82) is 0 Å². The molecule has 0 unspecified atom stereocenters. The lowest BCUT2D eigenvalue weighted by Crippen LogP contribution is -2.29. The summed E-state index contributed by atoms with van der Waals surface area (Å²) in [6.45, 7) is 3.29. The molecule has 0 radical (unpaired) electrons. The van der Waals surface area contributed by atoms with Crippen molar-refractivity contribution in [3.8, 4) is 0 Å². The minimum absolute atomic E-state index is 0.00522. The molecule has 0 N–H and O–H groups in total. The molecule has 0 saturated heterocycles. The van der Waals surface area contributed by atoms with Gasteiger partial charge in [-0.2, -0.15) is 0 Å². The first kappa shape index (κ1) is 20.3. The molecule has 1 aliphatic rings. The van der Waals surface area contributed by atoms with E-state index in [1.807, 2.05) is 0 Å². The maximum absolute atomic E-state index is 11.5. The number of ketones is 2. The van der Waals surface area contributed by atoms with Gasteiger partial charge in [0, 0.05) is 0 Å². The smallest absolute Gasteiger partial charge is 0.313 e. The van der Waals surface area contributed by atoms with E-state index in [0.717, 1.165) is 25.7 Å². The van der Waals surface area contributed by atoms with Crippen molar-refractivity contribution in [3.63, 3.8) is 0 Å². The largest absolute Gasteiger partial charge is 0.465 e. The molecule has 0 aromatic carbocycles. The van der Waals surface area contributed by atoms with Crippen LogP contribution in [-0.4, -0.2) is 36.7 Å². The molecule has 6 nitrogen and oxygen atoms in total. The molecule has 0 atom stereocenters. The molecule has 1 fully saturated rings. The van der Waals surface area contributed by atoms with Crippen LogP contribution in [0.1, 0.15) is 71.6 Å². The Morgan fingerprint density at radius 1 is 0.750 bits per heavy atom. The van der Waals surface area contributed by atoms with Crippen LogP contribution in [0.25, 0.3) is 0 Å². The number of rotatable bonds is 10. The van der Waals surface area contributed by atoms with E-state index in [1.54, 1.807) is 0 Å². The molecule has 24 heavy (non-hydrogen) atoms. The van der Waals surface area contributed by atoms with Crippen LogP contribution in [0.15, 0.2) is 0 Å². The summed E-state index contributed by atoms with van der Waals surface area (Å²) >= 11 is 0. The molecule has 1 saturated carbocycles. The first-order chi connectivity index (χ1) is 11.3. The zero-order valence-electron chi connectivity index (χ0n) is 14.7. The Morgan fingerprint density at radius 2 is 1.17 bits per heavy atom. The predicted molar refractivity (Wildman–Crippen MR) is 87.3 cm³/mol. The quantitative estimate of drug-likeness (QED) is 0.449. The SMILES string of the molecule is CC(=O)CC(=O)OCCC1(CCOC(=O)CC(C)=O)CCCCC1. The van der Waals surface area contributed by atoms with Crippen molar-refractivity contribution >= 4 is 23.5 Å². The van der Waals surface area contributed by atoms with Gasteiger partial charge in [-0.3, -0.25) is 19.2 Å². The first-order valence-electron chi connectivity index (χ1n) is 8.63. The van der Waals surface area contributed by atoms with Gasteiger partial charge in [-0.25, -0.2) is 0 Å². The number of carbonyl (C=O) groups is 4. The van der Waals surface area contributed by atoms with Crippen LogP contribution < -0.4 is 0 Å². The van der Waals surface area contributed by atoms with Crippen LogP contribution in [0, 0.1) is 5.41 Å². The second-order valence-electron chi connectivity index (χ2n) is 6.76. The van der Waals surface area contributed by atoms with Gasteiger partial charge in [-0.05, 0) is 44.9 Å². The van der Waals surface area contributed by atoms with E-state index in [1.165, 1.54) is 20.3 Å². The van der Waals surface area contributed by atoms with Gasteiger partial charge >= 0.3 is 11.9 Å². The fraction of sp³-hybridized carbons (Fsp3) is 0.778. The van der Waals surface area contributed by atoms with Crippen molar-refractivity contribution in [1.82, 2.24) is 0 Å². The number of Topliss-reactive ketones (excluding diaryl/α,β-unsaturated/α-hetero) is 2. The van der Waals surface area contributed by atoms with Crippen LogP contribution in [0.5, 0.6) is 0 Å². The molecule has 0 aliphatic heterocycles. The molecule has 1 aliphatic carbocycles. The highest BCUT2D eigenvalue weighted by molar-refractivity contribution is 5.94. The van der Waals surface area contributed by atoms with Crippen LogP contribution in [0.2, 0.25) is 0 Å². The van der Waals surface area contributed by atoms with Crippen molar-refractivity contribution in [3.05, 3.63) is 0 Å². The molecule has 0 aromatic rings. The molecule has 0 heterocycles. The van der Waals surface area contributed by atoms with Gasteiger partial charge in [0.2, 0.25) is 0 Å². The zero-order valence-corrected chi connectivity index (χ0v) is 14.7. The number of ether oxygens (including phenoxy) is 2. The second kappa shape index (κ2) is 10.2. The molecule has 0 bridgehead atoms. The highest BCUT2D eigenvalue weighted by Crippen LogP contribution is 2.42. The van der Waals surface area contributed by atoms with E-state index in [9.17, 15) is 19.2 Å². The van der Waals surface area contributed by atoms with Crippen molar-refractivity contribution in [2.45, 2.75) is 71.6 Å². The van der Waals surface area contributed by atoms with Gasteiger partial charge in [-0.1, -0.05) is 19.3 Å². The molecule has 1 rings (SSSR count). The summed E-state index contributed by atoms with van der Waals surface area (Å²) in [6, 6.07) is 0. The second-order valence-corrected chi connectivity index (χ2v) is 6.76. The highest BCUT2D eigenvalue weighted by atomic mass is 16.5. The summed E-state index contributed by atoms with van der Waals surface area (Å²) in [6.07, 6.45) is 6.50. The van der Waals surface area contributed by atoms with E-state index < -0.39 is 11.9 Å². The summed E-state index contributed by atoms with van der Waals surface area (Å²) in [5, 5.41) is 0. The number of hydrogen-bond donors (Lipinski definition) is 0. The van der Waals surface area contributed by atoms with Crippen molar-refractivity contribution in [2.24, 2.45) is 5.41 Å². The van der Waals surface area contributed by atoms with Crippen LogP contribution in [0.4, 0.5) is 0 Å². The average Bonchev–Trinajstić information content (AvgIpc) is 2.46. The molecule has 0 aromatic heterocycles. The van der Waals surface area contributed by atoms with Crippen molar-refractivity contribution < 1.29 is 28.7 Å². The van der Waals surface area contributed by atoms with Gasteiger partial charge in [-0.15, -0.1) is 0 Å². The monoisotopic (exact) mass is 340 g/mol. The summed E-state index contributed by atoms with van der Waals surface area (Å²) < 4.78 is 10.3. The van der Waals surface area contributed by atoms with Crippen molar-refractivity contribution in [2.75, 3.05) is 13.2 Å². The molecular formula is C18H28O6. The Kier molecular flexibility index (Phi) is 8.65. The summed E-state index contributed by atoms with van der Waals surface area (Å²) in [5.41, 5.74) is 0.00522. The third-order valence-corrected chi connectivity index (χ3v) is 4.49. The lowest BCUT2D eigenvalue weighted by molar-refractivity contribution is -0.146. The molecule has 0 spiro atoms. The predicted octanol–water partition coefficient (Wildman–Crippen LogP) is 2.76. The third-order valence-electron chi connectivity index (χ3n) is 4.49. The van der Waals surface area contributed by atoms with Crippen LogP contribution in [-0.2, 0) is 28.7 Å². The Morgan fingerprint density at radius 3 is 1.54 bits per heavy atom. The van der Waals surface area contributed by atoms with E-state index in [4.69, 9.17) is 9.47 Å². The van der Waals surface area contributed by atoms with Crippen LogP contribution >= 0.6 is 0 Å². The Labute approximate surface area is 143 Å². The molecule has 0 amide bonds. The first-order valence-corrected chi connectivity index (χ1v) is 8.63. The maximum atomic E-state index is 11.5. The Hall–Kier alpha value is -1.72. The number of hydrogen-bond acceptors (Lipinski definition) is 6. The molecule has 136 valence electrons. The van der Waals surface area contributed by atoms with Gasteiger partial charge in [0.1, 0.15) is 24.4 Å². The number of esters is 2. The number of carbonyl (C=O) groups excluding carboxylic acids is 4. The third kappa shape index (κ3) is 8.22. The average molecular weight is 340 g/mol. The summed E-state index contributed by atoms with van der Waals surface area (Å²) in [5.74, 6) is -1.38. The van der Waals surface area contributed by atoms with Gasteiger partial charge in [0.25, 0.3) is 0 Å². The topological polar surface area (TPSA) is 86.7 Å². The lowest BCUT2D eigenvalue weighted by Gasteiger charge is -2.37. The van der Waals surface area contributed by atoms with Gasteiger partial charge < -0.3 is 9.47 Å². The molecule has 6 heteroatoms. The van der Waals surface area contributed by atoms with Gasteiger partial charge in [0.05, 0.1) is 13.2 Å². The van der Waals surface area contributed by atoms with E-state index in [2.05, 4.69) is 0 Å². The molecular weight excluding hydrogens is 312 g/mol. The van der Waals surface area contributed by atoms with E-state index in [0.29, 0.717) is 12.8 Å². The van der Waals surface area contributed by atoms with Gasteiger partial charge in [0.15, 0.2) is 0 Å². The Bertz CT molecular complexity index is 426. The minimum atomic E-state index is -0.485. The van der Waals surface area contributed by atoms with Crippen LogP contribution in [0.3, 0.4) is 0 Å². The summed E-state index contributed by atoms with van der Waals surface area (Å²) in [4.78, 5) is 44.7. The zero-order chi connectivity index (χ0) is 18.0. The minimum Gasteiger partial charge on any atom is -0.465 e. The fourth-order valence-electron chi connectivity index (χ4n) is 3.20. The fourth-order valence-corrected chi connectivity index (χ4v) is 3.20. The lowest BCUT2D eigenvalue weighted by atomic mass is 9.70. The van der Waals surface area contributed by atoms with E-state index >= 15 is 0 Å². The Balaban J connectivity index is 2.41. The summed E-state index contributed by atoms with van der Waals surface area (Å²) in [7, 11) is 0. The standard InChI is InChI=1S/C18H28O6/c1-14(19)12-16(21)23-10-8-18(6-4-3-5-7-18)9-11-24-17(22)13-15(2)20/h3-13H2,1-2H3. The van der Waals surface area contributed by atoms with E-state index in [-0.39, 0.29) is 43.0 Å². The maximum Gasteiger partial charge on any atom is 0.313 e.